The van der Waals surface area contributed by atoms with Gasteiger partial charge in [0, 0.05) is 25.6 Å². The average molecular weight is 286 g/mol. The van der Waals surface area contributed by atoms with E-state index in [1.165, 1.54) is 0 Å². The van der Waals surface area contributed by atoms with Crippen LogP contribution in [0.2, 0.25) is 0 Å². The summed E-state index contributed by atoms with van der Waals surface area (Å²) in [7, 11) is 0. The zero-order chi connectivity index (χ0) is 15.0. The molecule has 1 saturated heterocycles. The number of likely N-dealkylation sites (tertiary alicyclic amines) is 1. The summed E-state index contributed by atoms with van der Waals surface area (Å²) in [4.78, 5) is 24.5. The highest BCUT2D eigenvalue weighted by molar-refractivity contribution is 5.78. The minimum Gasteiger partial charge on any atom is -0.481 e. The molecule has 1 unspecified atom stereocenters. The van der Waals surface area contributed by atoms with Crippen LogP contribution in [0.15, 0.2) is 0 Å². The maximum atomic E-state index is 12.2. The van der Waals surface area contributed by atoms with Crippen molar-refractivity contribution in [1.82, 2.24) is 10.2 Å². The third-order valence-corrected chi connectivity index (χ3v) is 3.55. The molecular weight excluding hydrogens is 260 g/mol. The molecule has 20 heavy (non-hydrogen) atoms. The van der Waals surface area contributed by atoms with Gasteiger partial charge in [-0.1, -0.05) is 13.8 Å². The van der Waals surface area contributed by atoms with E-state index in [-0.39, 0.29) is 31.0 Å². The highest BCUT2D eigenvalue weighted by Gasteiger charge is 2.26. The molecule has 1 heterocycles. The predicted molar refractivity (Wildman–Crippen MR) is 75.5 cm³/mol. The average Bonchev–Trinajstić information content (AvgIpc) is 2.44. The maximum Gasteiger partial charge on any atom is 0.305 e. The number of amides is 1. The Morgan fingerprint density at radius 2 is 2.05 bits per heavy atom. The molecule has 0 aromatic rings. The highest BCUT2D eigenvalue weighted by Crippen LogP contribution is 2.16. The van der Waals surface area contributed by atoms with E-state index in [0.717, 1.165) is 19.4 Å². The second-order valence-electron chi connectivity index (χ2n) is 5.25. The van der Waals surface area contributed by atoms with Crippen molar-refractivity contribution >= 4 is 11.9 Å². The lowest BCUT2D eigenvalue weighted by atomic mass is 10.0. The van der Waals surface area contributed by atoms with Crippen LogP contribution in [0, 0.1) is 5.92 Å². The molecule has 0 saturated carbocycles. The summed E-state index contributed by atoms with van der Waals surface area (Å²) < 4.78 is 5.52. The number of hydrogen-bond donors (Lipinski definition) is 2. The van der Waals surface area contributed by atoms with Gasteiger partial charge >= 0.3 is 5.97 Å². The van der Waals surface area contributed by atoms with E-state index < -0.39 is 5.97 Å². The summed E-state index contributed by atoms with van der Waals surface area (Å²) in [5, 5.41) is 11.7. The van der Waals surface area contributed by atoms with Gasteiger partial charge in [0.15, 0.2) is 0 Å². The van der Waals surface area contributed by atoms with Crippen molar-refractivity contribution in [3.05, 3.63) is 0 Å². The quantitative estimate of drug-likeness (QED) is 0.687. The van der Waals surface area contributed by atoms with Gasteiger partial charge in [-0.2, -0.15) is 0 Å². The predicted octanol–water partition coefficient (Wildman–Crippen LogP) is 0.714. The summed E-state index contributed by atoms with van der Waals surface area (Å²) in [5.74, 6) is -0.649. The molecule has 0 spiro atoms. The van der Waals surface area contributed by atoms with Gasteiger partial charge in [-0.15, -0.1) is 0 Å². The number of ether oxygens (including phenoxy) is 1. The standard InChI is InChI=1S/C14H26N2O4/c1-3-15-10-11(2)14(19)16-7-4-12(5-8-16)20-9-6-13(17)18/h11-12,15H,3-10H2,1-2H3,(H,17,18). The molecule has 0 radical (unpaired) electrons. The molecule has 6 nitrogen and oxygen atoms in total. The van der Waals surface area contributed by atoms with Crippen LogP contribution >= 0.6 is 0 Å². The van der Waals surface area contributed by atoms with E-state index in [1.54, 1.807) is 0 Å². The number of aliphatic carboxylic acids is 1. The van der Waals surface area contributed by atoms with Crippen molar-refractivity contribution in [3.8, 4) is 0 Å². The van der Waals surface area contributed by atoms with Gasteiger partial charge in [-0.3, -0.25) is 9.59 Å². The van der Waals surface area contributed by atoms with Crippen LogP contribution < -0.4 is 5.32 Å². The molecule has 0 bridgehead atoms. The van der Waals surface area contributed by atoms with E-state index in [1.807, 2.05) is 18.7 Å². The zero-order valence-corrected chi connectivity index (χ0v) is 12.4. The van der Waals surface area contributed by atoms with E-state index >= 15 is 0 Å². The van der Waals surface area contributed by atoms with Crippen molar-refractivity contribution in [2.24, 2.45) is 5.92 Å². The number of carboxylic acid groups (broad SMARTS) is 1. The van der Waals surface area contributed by atoms with Gasteiger partial charge in [0.05, 0.1) is 19.1 Å². The Labute approximate surface area is 120 Å². The molecule has 0 aromatic heterocycles. The number of carbonyl (C=O) groups excluding carboxylic acids is 1. The van der Waals surface area contributed by atoms with E-state index in [9.17, 15) is 9.59 Å². The smallest absolute Gasteiger partial charge is 0.305 e. The van der Waals surface area contributed by atoms with Crippen LogP contribution in [0.5, 0.6) is 0 Å². The third kappa shape index (κ3) is 5.88. The Bertz CT molecular complexity index is 314. The van der Waals surface area contributed by atoms with E-state index in [0.29, 0.717) is 19.6 Å². The van der Waals surface area contributed by atoms with Gasteiger partial charge in [0.2, 0.25) is 5.91 Å². The Morgan fingerprint density at radius 3 is 2.60 bits per heavy atom. The molecule has 1 atom stereocenters. The minimum atomic E-state index is -0.838. The largest absolute Gasteiger partial charge is 0.481 e. The SMILES string of the molecule is CCNCC(C)C(=O)N1CCC(OCCC(=O)O)CC1. The van der Waals surface area contributed by atoms with Crippen LogP contribution in [0.4, 0.5) is 0 Å². The maximum absolute atomic E-state index is 12.2. The van der Waals surface area contributed by atoms with Crippen molar-refractivity contribution in [1.29, 1.82) is 0 Å². The first-order valence-electron chi connectivity index (χ1n) is 7.37. The summed E-state index contributed by atoms with van der Waals surface area (Å²) in [5.41, 5.74) is 0. The van der Waals surface area contributed by atoms with Crippen molar-refractivity contribution in [3.63, 3.8) is 0 Å². The van der Waals surface area contributed by atoms with Crippen LogP contribution in [0.1, 0.15) is 33.1 Å². The number of rotatable bonds is 8. The van der Waals surface area contributed by atoms with Gasteiger partial charge in [-0.05, 0) is 19.4 Å². The van der Waals surface area contributed by atoms with Crippen LogP contribution in [0.25, 0.3) is 0 Å². The number of carbonyl (C=O) groups is 2. The fourth-order valence-electron chi connectivity index (χ4n) is 2.32. The number of hydrogen-bond acceptors (Lipinski definition) is 4. The molecular formula is C14H26N2O4. The van der Waals surface area contributed by atoms with E-state index in [4.69, 9.17) is 9.84 Å². The van der Waals surface area contributed by atoms with Gasteiger partial charge < -0.3 is 20.1 Å². The molecule has 1 aliphatic heterocycles. The number of nitrogens with one attached hydrogen (secondary N) is 1. The van der Waals surface area contributed by atoms with Gasteiger partial charge in [0.1, 0.15) is 0 Å². The molecule has 1 amide bonds. The number of carboxylic acids is 1. The fraction of sp³-hybridized carbons (Fsp3) is 0.857. The van der Waals surface area contributed by atoms with Crippen molar-refractivity contribution in [2.45, 2.75) is 39.2 Å². The molecule has 1 fully saturated rings. The first-order chi connectivity index (χ1) is 9.54. The van der Waals surface area contributed by atoms with Crippen molar-refractivity contribution in [2.75, 3.05) is 32.8 Å². The van der Waals surface area contributed by atoms with Crippen molar-refractivity contribution < 1.29 is 19.4 Å². The molecule has 0 aliphatic carbocycles. The van der Waals surface area contributed by atoms with E-state index in [2.05, 4.69) is 5.32 Å². The van der Waals surface area contributed by atoms with Crippen LogP contribution in [-0.4, -0.2) is 60.8 Å². The topological polar surface area (TPSA) is 78.9 Å². The normalized spacial score (nSPS) is 18.0. The minimum absolute atomic E-state index is 0.000529. The molecule has 2 N–H and O–H groups in total. The summed E-state index contributed by atoms with van der Waals surface area (Å²) in [6.07, 6.45) is 1.71. The summed E-state index contributed by atoms with van der Waals surface area (Å²) >= 11 is 0. The highest BCUT2D eigenvalue weighted by atomic mass is 16.5. The molecule has 1 aliphatic rings. The lowest BCUT2D eigenvalue weighted by Gasteiger charge is -2.33. The Hall–Kier alpha value is -1.14. The lowest BCUT2D eigenvalue weighted by molar-refractivity contribution is -0.139. The molecule has 116 valence electrons. The second-order valence-corrected chi connectivity index (χ2v) is 5.25. The molecule has 0 aromatic carbocycles. The first-order valence-corrected chi connectivity index (χ1v) is 7.37. The lowest BCUT2D eigenvalue weighted by Crippen LogP contribution is -2.45. The van der Waals surface area contributed by atoms with Gasteiger partial charge in [0.25, 0.3) is 0 Å². The third-order valence-electron chi connectivity index (χ3n) is 3.55. The second kappa shape index (κ2) is 8.92. The number of piperidine rings is 1. The fourth-order valence-corrected chi connectivity index (χ4v) is 2.32. The molecule has 1 rings (SSSR count). The van der Waals surface area contributed by atoms with Crippen LogP contribution in [-0.2, 0) is 14.3 Å². The monoisotopic (exact) mass is 286 g/mol. The molecule has 6 heteroatoms. The summed E-state index contributed by atoms with van der Waals surface area (Å²) in [6.45, 7) is 7.21. The van der Waals surface area contributed by atoms with Gasteiger partial charge in [-0.25, -0.2) is 0 Å². The zero-order valence-electron chi connectivity index (χ0n) is 12.4. The summed E-state index contributed by atoms with van der Waals surface area (Å²) in [6, 6.07) is 0. The number of nitrogens with zero attached hydrogens (tertiary/aromatic N) is 1. The Morgan fingerprint density at radius 1 is 1.40 bits per heavy atom. The first kappa shape index (κ1) is 16.9. The van der Waals surface area contributed by atoms with Crippen LogP contribution in [0.3, 0.4) is 0 Å². The Balaban J connectivity index is 2.23. The Kier molecular flexibility index (Phi) is 7.54.